The molecule has 0 aliphatic carbocycles. The average molecular weight is 281 g/mol. The Hall–Kier alpha value is -2.28. The maximum absolute atomic E-state index is 12.0. The first-order valence-corrected chi connectivity index (χ1v) is 6.09. The maximum atomic E-state index is 12.0. The van der Waals surface area contributed by atoms with E-state index in [9.17, 15) is 9.59 Å². The summed E-state index contributed by atoms with van der Waals surface area (Å²) in [6.07, 6.45) is -1.55. The van der Waals surface area contributed by atoms with Gasteiger partial charge in [-0.15, -0.1) is 0 Å². The van der Waals surface area contributed by atoms with Crippen LogP contribution in [0, 0.1) is 0 Å². The van der Waals surface area contributed by atoms with Crippen molar-refractivity contribution in [3.63, 3.8) is 0 Å². The summed E-state index contributed by atoms with van der Waals surface area (Å²) in [6.45, 7) is 0.953. The van der Waals surface area contributed by atoms with Gasteiger partial charge >= 0.3 is 5.97 Å². The van der Waals surface area contributed by atoms with Gasteiger partial charge in [0.1, 0.15) is 12.1 Å². The Morgan fingerprint density at radius 3 is 2.45 bits per heavy atom. The molecule has 0 fully saturated rings. The number of carboxylic acids is 1. The summed E-state index contributed by atoms with van der Waals surface area (Å²) >= 11 is 0. The molecule has 1 heterocycles. The van der Waals surface area contributed by atoms with Gasteiger partial charge in [0.25, 0.3) is 5.91 Å². The molecule has 1 aliphatic rings. The van der Waals surface area contributed by atoms with Gasteiger partial charge in [-0.05, 0) is 19.1 Å². The molecule has 1 aromatic rings. The second kappa shape index (κ2) is 5.79. The number of carboxylic acid groups (broad SMARTS) is 1. The first kappa shape index (κ1) is 14.1. The van der Waals surface area contributed by atoms with Crippen molar-refractivity contribution in [3.05, 3.63) is 24.3 Å². The summed E-state index contributed by atoms with van der Waals surface area (Å²) in [4.78, 5) is 22.8. The molecule has 2 rings (SSSR count). The predicted molar refractivity (Wildman–Crippen MR) is 67.6 cm³/mol. The largest absolute Gasteiger partial charge is 0.482 e. The second-order valence-corrected chi connectivity index (χ2v) is 4.39. The molecule has 1 aliphatic heterocycles. The van der Waals surface area contributed by atoms with Crippen molar-refractivity contribution in [1.82, 2.24) is 5.32 Å². The minimum absolute atomic E-state index is 0.418. The van der Waals surface area contributed by atoms with Crippen molar-refractivity contribution in [3.8, 4) is 11.5 Å². The smallest absolute Gasteiger partial charge is 0.328 e. The molecule has 0 bridgehead atoms. The molecular weight excluding hydrogens is 266 g/mol. The first-order valence-electron chi connectivity index (χ1n) is 6.09. The van der Waals surface area contributed by atoms with Crippen LogP contribution in [0.2, 0.25) is 0 Å². The van der Waals surface area contributed by atoms with E-state index in [0.29, 0.717) is 11.5 Å². The van der Waals surface area contributed by atoms with E-state index >= 15 is 0 Å². The van der Waals surface area contributed by atoms with Gasteiger partial charge in [0.05, 0.1) is 6.61 Å². The average Bonchev–Trinajstić information content (AvgIpc) is 2.43. The van der Waals surface area contributed by atoms with E-state index in [2.05, 4.69) is 5.32 Å². The van der Waals surface area contributed by atoms with Gasteiger partial charge in [-0.2, -0.15) is 0 Å². The summed E-state index contributed by atoms with van der Waals surface area (Å²) in [5, 5.41) is 19.9. The van der Waals surface area contributed by atoms with E-state index in [1.54, 1.807) is 31.2 Å². The number of rotatable bonds is 4. The van der Waals surface area contributed by atoms with Crippen LogP contribution in [0.1, 0.15) is 6.92 Å². The molecule has 3 N–H and O–H groups in total. The molecule has 20 heavy (non-hydrogen) atoms. The third-order valence-corrected chi connectivity index (χ3v) is 2.90. The van der Waals surface area contributed by atoms with Crippen molar-refractivity contribution >= 4 is 11.9 Å². The minimum Gasteiger partial charge on any atom is -0.482 e. The highest BCUT2D eigenvalue weighted by atomic mass is 16.6. The number of amides is 1. The van der Waals surface area contributed by atoms with Crippen molar-refractivity contribution < 1.29 is 29.3 Å². The Morgan fingerprint density at radius 2 is 1.90 bits per heavy atom. The van der Waals surface area contributed by atoms with Crippen LogP contribution in [-0.4, -0.2) is 46.9 Å². The SMILES string of the molecule is CC1Oc2ccccc2OC1C(=O)NC(CO)C(=O)O. The molecule has 0 spiro atoms. The van der Waals surface area contributed by atoms with Crippen molar-refractivity contribution in [2.45, 2.75) is 25.2 Å². The predicted octanol–water partition coefficient (Wildman–Crippen LogP) is -0.223. The lowest BCUT2D eigenvalue weighted by Crippen LogP contribution is -2.54. The number of nitrogens with one attached hydrogen (secondary N) is 1. The van der Waals surface area contributed by atoms with Gasteiger partial charge in [-0.25, -0.2) is 4.79 Å². The van der Waals surface area contributed by atoms with Gasteiger partial charge in [-0.3, -0.25) is 4.79 Å². The van der Waals surface area contributed by atoms with Crippen LogP contribution in [0.5, 0.6) is 11.5 Å². The summed E-state index contributed by atoms with van der Waals surface area (Å²) in [5.74, 6) is -1.01. The number of fused-ring (bicyclic) bond motifs is 1. The molecule has 1 amide bonds. The zero-order valence-electron chi connectivity index (χ0n) is 10.8. The van der Waals surface area contributed by atoms with E-state index < -0.39 is 36.7 Å². The zero-order valence-corrected chi connectivity index (χ0v) is 10.8. The number of para-hydroxylation sites is 2. The molecule has 3 unspecified atom stereocenters. The first-order chi connectivity index (χ1) is 9.52. The zero-order chi connectivity index (χ0) is 14.7. The third-order valence-electron chi connectivity index (χ3n) is 2.90. The number of aliphatic hydroxyl groups excluding tert-OH is 1. The van der Waals surface area contributed by atoms with Gasteiger partial charge in [-0.1, -0.05) is 12.1 Å². The van der Waals surface area contributed by atoms with E-state index in [0.717, 1.165) is 0 Å². The van der Waals surface area contributed by atoms with Crippen LogP contribution in [-0.2, 0) is 9.59 Å². The number of aliphatic carboxylic acids is 1. The quantitative estimate of drug-likeness (QED) is 0.704. The Morgan fingerprint density at radius 1 is 1.30 bits per heavy atom. The maximum Gasteiger partial charge on any atom is 0.328 e. The Bertz CT molecular complexity index is 517. The van der Waals surface area contributed by atoms with Crippen molar-refractivity contribution in [2.75, 3.05) is 6.61 Å². The molecule has 0 saturated carbocycles. The Balaban J connectivity index is 2.10. The monoisotopic (exact) mass is 281 g/mol. The highest BCUT2D eigenvalue weighted by Crippen LogP contribution is 2.33. The van der Waals surface area contributed by atoms with Gasteiger partial charge in [0, 0.05) is 0 Å². The van der Waals surface area contributed by atoms with Crippen molar-refractivity contribution in [1.29, 1.82) is 0 Å². The second-order valence-electron chi connectivity index (χ2n) is 4.39. The Kier molecular flexibility index (Phi) is 4.09. The third kappa shape index (κ3) is 2.83. The highest BCUT2D eigenvalue weighted by molar-refractivity contribution is 5.87. The molecule has 0 aromatic heterocycles. The van der Waals surface area contributed by atoms with Crippen LogP contribution in [0.3, 0.4) is 0 Å². The lowest BCUT2D eigenvalue weighted by atomic mass is 10.1. The number of hydrogen-bond acceptors (Lipinski definition) is 5. The fourth-order valence-corrected chi connectivity index (χ4v) is 1.85. The number of carbonyl (C=O) groups is 2. The van der Waals surface area contributed by atoms with Crippen LogP contribution in [0.15, 0.2) is 24.3 Å². The fourth-order valence-electron chi connectivity index (χ4n) is 1.85. The van der Waals surface area contributed by atoms with E-state index in [1.807, 2.05) is 0 Å². The molecule has 0 radical (unpaired) electrons. The van der Waals surface area contributed by atoms with Crippen LogP contribution in [0.4, 0.5) is 0 Å². The number of benzene rings is 1. The minimum atomic E-state index is -1.37. The molecule has 108 valence electrons. The van der Waals surface area contributed by atoms with E-state index in [-0.39, 0.29) is 0 Å². The number of carbonyl (C=O) groups excluding carboxylic acids is 1. The summed E-state index contributed by atoms with van der Waals surface area (Å²) in [6, 6.07) is 5.52. The molecule has 7 nitrogen and oxygen atoms in total. The van der Waals surface area contributed by atoms with Crippen LogP contribution in [0.25, 0.3) is 0 Å². The normalized spacial score (nSPS) is 21.9. The molecule has 1 aromatic carbocycles. The molecule has 7 heteroatoms. The summed E-state index contributed by atoms with van der Waals surface area (Å²) < 4.78 is 11.1. The van der Waals surface area contributed by atoms with E-state index in [1.165, 1.54) is 0 Å². The number of ether oxygens (including phenoxy) is 2. The van der Waals surface area contributed by atoms with Crippen LogP contribution >= 0.6 is 0 Å². The topological polar surface area (TPSA) is 105 Å². The molecular formula is C13H15NO6. The van der Waals surface area contributed by atoms with Gasteiger partial charge < -0.3 is 25.0 Å². The van der Waals surface area contributed by atoms with Crippen LogP contribution < -0.4 is 14.8 Å². The molecule has 0 saturated heterocycles. The number of hydrogen-bond donors (Lipinski definition) is 3. The number of aliphatic hydroxyl groups is 1. The lowest BCUT2D eigenvalue weighted by molar-refractivity contribution is -0.145. The molecule has 3 atom stereocenters. The summed E-state index contributed by atoms with van der Waals surface area (Å²) in [7, 11) is 0. The Labute approximate surface area is 115 Å². The van der Waals surface area contributed by atoms with E-state index in [4.69, 9.17) is 19.7 Å². The summed E-state index contributed by atoms with van der Waals surface area (Å²) in [5.41, 5.74) is 0. The van der Waals surface area contributed by atoms with Crippen molar-refractivity contribution in [2.24, 2.45) is 0 Å². The lowest BCUT2D eigenvalue weighted by Gasteiger charge is -2.31. The fraction of sp³-hybridized carbons (Fsp3) is 0.385. The van der Waals surface area contributed by atoms with Gasteiger partial charge in [0.2, 0.25) is 6.10 Å². The van der Waals surface area contributed by atoms with Gasteiger partial charge in [0.15, 0.2) is 11.5 Å². The highest BCUT2D eigenvalue weighted by Gasteiger charge is 2.35. The standard InChI is InChI=1S/C13H15NO6/c1-7-11(12(16)14-8(6-15)13(17)18)20-10-5-3-2-4-9(10)19-7/h2-5,7-8,11,15H,6H2,1H3,(H,14,16)(H,17,18).